The van der Waals surface area contributed by atoms with Crippen LogP contribution in [0.4, 0.5) is 0 Å². The molecule has 1 aromatic heterocycles. The fourth-order valence-corrected chi connectivity index (χ4v) is 1.74. The van der Waals surface area contributed by atoms with Crippen LogP contribution in [0, 0.1) is 0 Å². The number of hydrogen-bond acceptors (Lipinski definition) is 4. The van der Waals surface area contributed by atoms with Crippen LogP contribution in [-0.2, 0) is 6.54 Å². The average molecular weight is 254 g/mol. The van der Waals surface area contributed by atoms with Crippen molar-refractivity contribution in [1.29, 1.82) is 0 Å². The van der Waals surface area contributed by atoms with Crippen LogP contribution in [0.1, 0.15) is 61.7 Å². The van der Waals surface area contributed by atoms with Gasteiger partial charge in [0.05, 0.1) is 6.54 Å². The van der Waals surface area contributed by atoms with Crippen LogP contribution in [0.3, 0.4) is 0 Å². The van der Waals surface area contributed by atoms with Crippen molar-refractivity contribution in [3.05, 3.63) is 17.5 Å². The van der Waals surface area contributed by atoms with Gasteiger partial charge in [0, 0.05) is 6.07 Å². The third-order valence-electron chi connectivity index (χ3n) is 2.78. The van der Waals surface area contributed by atoms with E-state index in [0.29, 0.717) is 12.3 Å². The van der Waals surface area contributed by atoms with Gasteiger partial charge in [0.2, 0.25) is 0 Å². The fraction of sp³-hybridized carbons (Fsp3) is 0.692. The van der Waals surface area contributed by atoms with Gasteiger partial charge in [-0.15, -0.1) is 0 Å². The van der Waals surface area contributed by atoms with Gasteiger partial charge in [-0.1, -0.05) is 44.2 Å². The molecule has 1 heterocycles. The Labute approximate surface area is 108 Å². The van der Waals surface area contributed by atoms with Crippen molar-refractivity contribution in [1.82, 2.24) is 10.5 Å². The molecule has 0 fully saturated rings. The smallest absolute Gasteiger partial charge is 0.358 e. The molecule has 0 aliphatic heterocycles. The molecule has 1 rings (SSSR count). The van der Waals surface area contributed by atoms with Crippen molar-refractivity contribution in [3.8, 4) is 0 Å². The highest BCUT2D eigenvalue weighted by molar-refractivity contribution is 5.85. The first kappa shape index (κ1) is 14.7. The van der Waals surface area contributed by atoms with Crippen LogP contribution < -0.4 is 5.32 Å². The van der Waals surface area contributed by atoms with E-state index in [1.807, 2.05) is 0 Å². The van der Waals surface area contributed by atoms with Crippen LogP contribution in [0.5, 0.6) is 0 Å². The molecule has 0 bridgehead atoms. The Hall–Kier alpha value is -1.36. The normalized spacial score (nSPS) is 10.7. The molecular weight excluding hydrogens is 232 g/mol. The third-order valence-corrected chi connectivity index (χ3v) is 2.78. The molecule has 5 heteroatoms. The molecule has 0 atom stereocenters. The first-order chi connectivity index (χ1) is 8.74. The topological polar surface area (TPSA) is 75.4 Å². The monoisotopic (exact) mass is 254 g/mol. The van der Waals surface area contributed by atoms with Gasteiger partial charge in [0.1, 0.15) is 0 Å². The van der Waals surface area contributed by atoms with Crippen LogP contribution in [0.15, 0.2) is 10.6 Å². The van der Waals surface area contributed by atoms with E-state index in [2.05, 4.69) is 17.4 Å². The van der Waals surface area contributed by atoms with E-state index < -0.39 is 5.97 Å². The Morgan fingerprint density at radius 1 is 1.33 bits per heavy atom. The van der Waals surface area contributed by atoms with Gasteiger partial charge in [0.25, 0.3) is 0 Å². The zero-order chi connectivity index (χ0) is 13.2. The van der Waals surface area contributed by atoms with Crippen molar-refractivity contribution in [2.75, 3.05) is 6.54 Å². The lowest BCUT2D eigenvalue weighted by molar-refractivity contribution is 0.0685. The zero-order valence-electron chi connectivity index (χ0n) is 10.9. The summed E-state index contributed by atoms with van der Waals surface area (Å²) in [5, 5.41) is 15.3. The summed E-state index contributed by atoms with van der Waals surface area (Å²) in [6.45, 7) is 3.68. The largest absolute Gasteiger partial charge is 0.476 e. The van der Waals surface area contributed by atoms with Crippen LogP contribution in [0.2, 0.25) is 0 Å². The summed E-state index contributed by atoms with van der Waals surface area (Å²) >= 11 is 0. The van der Waals surface area contributed by atoms with E-state index in [1.165, 1.54) is 38.2 Å². The Balaban J connectivity index is 2.02. The number of carboxylic acid groups (broad SMARTS) is 1. The summed E-state index contributed by atoms with van der Waals surface area (Å²) in [4.78, 5) is 10.6. The summed E-state index contributed by atoms with van der Waals surface area (Å²) in [7, 11) is 0. The number of unbranched alkanes of at least 4 members (excludes halogenated alkanes) is 5. The first-order valence-electron chi connectivity index (χ1n) is 6.63. The number of aromatic nitrogens is 1. The molecule has 18 heavy (non-hydrogen) atoms. The zero-order valence-corrected chi connectivity index (χ0v) is 10.9. The highest BCUT2D eigenvalue weighted by atomic mass is 16.5. The Morgan fingerprint density at radius 3 is 2.72 bits per heavy atom. The standard InChI is InChI=1S/C13H22N2O3/c1-2-3-4-5-6-7-8-14-10-11-9-12(13(16)17)15-18-11/h9,14H,2-8,10H2,1H3,(H,16,17). The molecule has 102 valence electrons. The van der Waals surface area contributed by atoms with Crippen LogP contribution in [0.25, 0.3) is 0 Å². The number of rotatable bonds is 10. The summed E-state index contributed by atoms with van der Waals surface area (Å²) in [6, 6.07) is 1.45. The van der Waals surface area contributed by atoms with E-state index in [4.69, 9.17) is 9.63 Å². The number of carboxylic acids is 1. The molecule has 2 N–H and O–H groups in total. The maximum absolute atomic E-state index is 10.6. The Bertz CT molecular complexity index is 350. The lowest BCUT2D eigenvalue weighted by atomic mass is 10.1. The molecule has 0 saturated heterocycles. The molecule has 0 unspecified atom stereocenters. The SMILES string of the molecule is CCCCCCCCNCc1cc(C(=O)O)no1. The molecule has 0 amide bonds. The molecule has 0 aliphatic carbocycles. The van der Waals surface area contributed by atoms with Gasteiger partial charge in [-0.2, -0.15) is 0 Å². The number of nitrogens with zero attached hydrogens (tertiary/aromatic N) is 1. The number of carbonyl (C=O) groups is 1. The van der Waals surface area contributed by atoms with Crippen molar-refractivity contribution in [2.24, 2.45) is 0 Å². The van der Waals surface area contributed by atoms with E-state index in [-0.39, 0.29) is 5.69 Å². The highest BCUT2D eigenvalue weighted by Gasteiger charge is 2.09. The molecule has 0 radical (unpaired) electrons. The van der Waals surface area contributed by atoms with Gasteiger partial charge in [0.15, 0.2) is 11.5 Å². The summed E-state index contributed by atoms with van der Waals surface area (Å²) in [5.41, 5.74) is -0.0358. The molecule has 1 aromatic rings. The maximum atomic E-state index is 10.6. The summed E-state index contributed by atoms with van der Waals surface area (Å²) in [5.74, 6) is -0.487. The fourth-order valence-electron chi connectivity index (χ4n) is 1.74. The molecule has 0 saturated carbocycles. The molecule has 0 aromatic carbocycles. The minimum absolute atomic E-state index is 0.0358. The minimum atomic E-state index is -1.05. The van der Waals surface area contributed by atoms with Gasteiger partial charge in [-0.05, 0) is 13.0 Å². The summed E-state index contributed by atoms with van der Waals surface area (Å²) in [6.07, 6.45) is 7.59. The minimum Gasteiger partial charge on any atom is -0.476 e. The lowest BCUT2D eigenvalue weighted by Crippen LogP contribution is -2.14. The van der Waals surface area contributed by atoms with Gasteiger partial charge in [-0.3, -0.25) is 0 Å². The first-order valence-corrected chi connectivity index (χ1v) is 6.63. The van der Waals surface area contributed by atoms with Crippen molar-refractivity contribution in [3.63, 3.8) is 0 Å². The molecule has 5 nitrogen and oxygen atoms in total. The van der Waals surface area contributed by atoms with E-state index in [1.54, 1.807) is 0 Å². The highest BCUT2D eigenvalue weighted by Crippen LogP contribution is 2.05. The summed E-state index contributed by atoms with van der Waals surface area (Å²) < 4.78 is 4.89. The molecular formula is C13H22N2O3. The second kappa shape index (κ2) is 8.69. The van der Waals surface area contributed by atoms with Crippen LogP contribution in [-0.4, -0.2) is 22.8 Å². The predicted octanol–water partition coefficient (Wildman–Crippen LogP) is 2.82. The number of nitrogens with one attached hydrogen (secondary N) is 1. The van der Waals surface area contributed by atoms with E-state index in [9.17, 15) is 4.79 Å². The second-order valence-corrected chi connectivity index (χ2v) is 4.43. The van der Waals surface area contributed by atoms with Gasteiger partial charge < -0.3 is 14.9 Å². The van der Waals surface area contributed by atoms with Crippen molar-refractivity contribution >= 4 is 5.97 Å². The van der Waals surface area contributed by atoms with Crippen molar-refractivity contribution < 1.29 is 14.4 Å². The lowest BCUT2D eigenvalue weighted by Gasteiger charge is -2.02. The number of aromatic carboxylic acids is 1. The van der Waals surface area contributed by atoms with Gasteiger partial charge >= 0.3 is 5.97 Å². The van der Waals surface area contributed by atoms with Crippen molar-refractivity contribution in [2.45, 2.75) is 52.0 Å². The Kier molecular flexibility index (Phi) is 7.10. The van der Waals surface area contributed by atoms with Gasteiger partial charge in [-0.25, -0.2) is 4.79 Å². The second-order valence-electron chi connectivity index (χ2n) is 4.43. The number of hydrogen-bond donors (Lipinski definition) is 2. The van der Waals surface area contributed by atoms with E-state index >= 15 is 0 Å². The maximum Gasteiger partial charge on any atom is 0.358 e. The quantitative estimate of drug-likeness (QED) is 0.628. The average Bonchev–Trinajstić information content (AvgIpc) is 2.81. The predicted molar refractivity (Wildman–Crippen MR) is 68.5 cm³/mol. The molecule has 0 aliphatic rings. The molecule has 0 spiro atoms. The van der Waals surface area contributed by atoms with E-state index in [0.717, 1.165) is 13.0 Å². The third kappa shape index (κ3) is 5.82. The Morgan fingerprint density at radius 2 is 2.06 bits per heavy atom. The van der Waals surface area contributed by atoms with Crippen LogP contribution >= 0.6 is 0 Å².